The maximum Gasteiger partial charge on any atom is 0.416 e. The molecule has 2 aromatic rings. The third kappa shape index (κ3) is 4.62. The number of anilines is 2. The highest BCUT2D eigenvalue weighted by Crippen LogP contribution is 2.30. The van der Waals surface area contributed by atoms with Crippen LogP contribution in [0.4, 0.5) is 29.3 Å². The summed E-state index contributed by atoms with van der Waals surface area (Å²) in [5.41, 5.74) is 1.78. The standard InChI is InChI=1S/C20H20F3N3O2/c1-2-18(27)26-9-8-13-6-7-17(10-14(13)12-26)25-19(28)24-16-5-3-4-15(11-16)20(21,22)23/h3-7,10-11H,2,8-9,12H2,1H3,(H2,24,25,28). The van der Waals surface area contributed by atoms with Crippen LogP contribution in [0.5, 0.6) is 0 Å². The monoisotopic (exact) mass is 391 g/mol. The molecule has 1 heterocycles. The largest absolute Gasteiger partial charge is 0.416 e. The van der Waals surface area contributed by atoms with E-state index in [0.29, 0.717) is 25.2 Å². The van der Waals surface area contributed by atoms with Gasteiger partial charge >= 0.3 is 12.2 Å². The van der Waals surface area contributed by atoms with Crippen molar-refractivity contribution >= 4 is 23.3 Å². The number of hydrogen-bond donors (Lipinski definition) is 2. The summed E-state index contributed by atoms with van der Waals surface area (Å²) in [5, 5.41) is 5.03. The number of nitrogens with one attached hydrogen (secondary N) is 2. The quantitative estimate of drug-likeness (QED) is 0.801. The third-order valence-corrected chi connectivity index (χ3v) is 4.58. The fourth-order valence-electron chi connectivity index (χ4n) is 3.14. The van der Waals surface area contributed by atoms with Crippen LogP contribution >= 0.6 is 0 Å². The molecular formula is C20H20F3N3O2. The number of carbonyl (C=O) groups is 2. The summed E-state index contributed by atoms with van der Waals surface area (Å²) in [4.78, 5) is 25.8. The highest BCUT2D eigenvalue weighted by molar-refractivity contribution is 5.99. The number of hydrogen-bond acceptors (Lipinski definition) is 2. The maximum atomic E-state index is 12.8. The number of halogens is 3. The van der Waals surface area contributed by atoms with Crippen LogP contribution in [0, 0.1) is 0 Å². The minimum absolute atomic E-state index is 0.0463. The van der Waals surface area contributed by atoms with Crippen molar-refractivity contribution in [2.75, 3.05) is 17.2 Å². The summed E-state index contributed by atoms with van der Waals surface area (Å²) in [6.45, 7) is 2.96. The summed E-state index contributed by atoms with van der Waals surface area (Å²) in [6, 6.07) is 9.21. The Morgan fingerprint density at radius 1 is 1.04 bits per heavy atom. The van der Waals surface area contributed by atoms with Crippen molar-refractivity contribution in [1.82, 2.24) is 4.90 Å². The van der Waals surface area contributed by atoms with Gasteiger partial charge in [0.05, 0.1) is 5.56 Å². The van der Waals surface area contributed by atoms with Gasteiger partial charge in [0.1, 0.15) is 0 Å². The van der Waals surface area contributed by atoms with E-state index in [1.54, 1.807) is 17.0 Å². The molecule has 0 unspecified atom stereocenters. The summed E-state index contributed by atoms with van der Waals surface area (Å²) in [5.74, 6) is 0.0753. The Balaban J connectivity index is 1.68. The van der Waals surface area contributed by atoms with Gasteiger partial charge in [-0.3, -0.25) is 4.79 Å². The lowest BCUT2D eigenvalue weighted by molar-refractivity contribution is -0.137. The zero-order valence-electron chi connectivity index (χ0n) is 15.3. The lowest BCUT2D eigenvalue weighted by Gasteiger charge is -2.29. The summed E-state index contributed by atoms with van der Waals surface area (Å²) in [7, 11) is 0. The number of rotatable bonds is 3. The average Bonchev–Trinajstić information content (AvgIpc) is 2.66. The van der Waals surface area contributed by atoms with Gasteiger partial charge in [0.25, 0.3) is 0 Å². The Hall–Kier alpha value is -3.03. The van der Waals surface area contributed by atoms with Crippen LogP contribution in [-0.4, -0.2) is 23.4 Å². The smallest absolute Gasteiger partial charge is 0.338 e. The molecule has 28 heavy (non-hydrogen) atoms. The molecule has 0 radical (unpaired) electrons. The number of nitrogens with zero attached hydrogens (tertiary/aromatic N) is 1. The van der Waals surface area contributed by atoms with Crippen LogP contribution in [0.3, 0.4) is 0 Å². The number of alkyl halides is 3. The van der Waals surface area contributed by atoms with E-state index in [2.05, 4.69) is 10.6 Å². The first-order valence-corrected chi connectivity index (χ1v) is 8.91. The SMILES string of the molecule is CCC(=O)N1CCc2ccc(NC(=O)Nc3cccc(C(F)(F)F)c3)cc2C1. The second-order valence-electron chi connectivity index (χ2n) is 6.56. The fraction of sp³-hybridized carbons (Fsp3) is 0.300. The zero-order valence-corrected chi connectivity index (χ0v) is 15.3. The lowest BCUT2D eigenvalue weighted by atomic mass is 9.99. The van der Waals surface area contributed by atoms with Crippen molar-refractivity contribution in [1.29, 1.82) is 0 Å². The molecule has 2 N–H and O–H groups in total. The number of amides is 3. The summed E-state index contributed by atoms with van der Waals surface area (Å²) >= 11 is 0. The fourth-order valence-corrected chi connectivity index (χ4v) is 3.14. The minimum Gasteiger partial charge on any atom is -0.338 e. The molecule has 8 heteroatoms. The summed E-state index contributed by atoms with van der Waals surface area (Å²) < 4.78 is 38.3. The number of carbonyl (C=O) groups excluding carboxylic acids is 2. The first-order chi connectivity index (χ1) is 13.3. The Bertz CT molecular complexity index is 897. The van der Waals surface area contributed by atoms with E-state index >= 15 is 0 Å². The Kier molecular flexibility index (Phi) is 5.58. The third-order valence-electron chi connectivity index (χ3n) is 4.58. The van der Waals surface area contributed by atoms with Crippen LogP contribution in [0.15, 0.2) is 42.5 Å². The molecule has 0 bridgehead atoms. The molecule has 0 aliphatic carbocycles. The molecule has 2 aromatic carbocycles. The Morgan fingerprint density at radius 3 is 2.43 bits per heavy atom. The van der Waals surface area contributed by atoms with Gasteiger partial charge in [0.15, 0.2) is 0 Å². The van der Waals surface area contributed by atoms with E-state index in [1.807, 2.05) is 13.0 Å². The van der Waals surface area contributed by atoms with E-state index in [4.69, 9.17) is 0 Å². The number of fused-ring (bicyclic) bond motifs is 1. The van der Waals surface area contributed by atoms with Gasteiger partial charge in [-0.05, 0) is 47.9 Å². The molecule has 0 saturated carbocycles. The molecule has 0 spiro atoms. The molecular weight excluding hydrogens is 371 g/mol. The minimum atomic E-state index is -4.48. The van der Waals surface area contributed by atoms with Crippen LogP contribution in [-0.2, 0) is 23.9 Å². The normalized spacial score (nSPS) is 13.6. The predicted octanol–water partition coefficient (Wildman–Crippen LogP) is 4.64. The van der Waals surface area contributed by atoms with Crippen molar-refractivity contribution in [2.24, 2.45) is 0 Å². The first-order valence-electron chi connectivity index (χ1n) is 8.91. The summed E-state index contributed by atoms with van der Waals surface area (Å²) in [6.07, 6.45) is -3.29. The van der Waals surface area contributed by atoms with E-state index in [0.717, 1.165) is 29.7 Å². The van der Waals surface area contributed by atoms with Gasteiger partial charge in [-0.15, -0.1) is 0 Å². The molecule has 148 valence electrons. The second-order valence-corrected chi connectivity index (χ2v) is 6.56. The van der Waals surface area contributed by atoms with Gasteiger partial charge in [-0.1, -0.05) is 19.1 Å². The van der Waals surface area contributed by atoms with Crippen molar-refractivity contribution < 1.29 is 22.8 Å². The molecule has 3 rings (SSSR count). The van der Waals surface area contributed by atoms with Crippen LogP contribution in [0.2, 0.25) is 0 Å². The van der Waals surface area contributed by atoms with Crippen molar-refractivity contribution in [3.63, 3.8) is 0 Å². The first kappa shape index (κ1) is 19.7. The molecule has 0 atom stereocenters. The van der Waals surface area contributed by atoms with E-state index in [1.165, 1.54) is 12.1 Å². The molecule has 0 fully saturated rings. The highest BCUT2D eigenvalue weighted by Gasteiger charge is 2.30. The molecule has 5 nitrogen and oxygen atoms in total. The van der Waals surface area contributed by atoms with Crippen LogP contribution in [0.25, 0.3) is 0 Å². The lowest BCUT2D eigenvalue weighted by Crippen LogP contribution is -2.35. The van der Waals surface area contributed by atoms with Crippen LogP contribution in [0.1, 0.15) is 30.0 Å². The molecule has 0 aromatic heterocycles. The van der Waals surface area contributed by atoms with Crippen LogP contribution < -0.4 is 10.6 Å². The predicted molar refractivity (Wildman–Crippen MR) is 99.9 cm³/mol. The Labute approximate surface area is 160 Å². The maximum absolute atomic E-state index is 12.8. The molecule has 3 amide bonds. The number of benzene rings is 2. The second kappa shape index (κ2) is 7.92. The topological polar surface area (TPSA) is 61.4 Å². The van der Waals surface area contributed by atoms with Gasteiger partial charge in [-0.2, -0.15) is 13.2 Å². The highest BCUT2D eigenvalue weighted by atomic mass is 19.4. The van der Waals surface area contributed by atoms with Gasteiger partial charge in [-0.25, -0.2) is 4.79 Å². The van der Waals surface area contributed by atoms with Crippen molar-refractivity contribution in [3.8, 4) is 0 Å². The zero-order chi connectivity index (χ0) is 20.3. The van der Waals surface area contributed by atoms with Gasteiger partial charge < -0.3 is 15.5 Å². The van der Waals surface area contributed by atoms with Crippen molar-refractivity contribution in [2.45, 2.75) is 32.5 Å². The Morgan fingerprint density at radius 2 is 1.75 bits per heavy atom. The number of urea groups is 1. The van der Waals surface area contributed by atoms with E-state index < -0.39 is 17.8 Å². The van der Waals surface area contributed by atoms with E-state index in [9.17, 15) is 22.8 Å². The molecule has 1 aliphatic heterocycles. The molecule has 0 saturated heterocycles. The van der Waals surface area contributed by atoms with Crippen molar-refractivity contribution in [3.05, 3.63) is 59.2 Å². The average molecular weight is 391 g/mol. The molecule has 1 aliphatic rings. The van der Waals surface area contributed by atoms with Gasteiger partial charge in [0.2, 0.25) is 5.91 Å². The van der Waals surface area contributed by atoms with E-state index in [-0.39, 0.29) is 11.6 Å². The van der Waals surface area contributed by atoms with Gasteiger partial charge in [0, 0.05) is 30.9 Å².